The highest BCUT2D eigenvalue weighted by molar-refractivity contribution is 5.85. The van der Waals surface area contributed by atoms with Crippen molar-refractivity contribution in [1.29, 1.82) is 0 Å². The summed E-state index contributed by atoms with van der Waals surface area (Å²) in [6.45, 7) is 5.19. The molecule has 0 bridgehead atoms. The Morgan fingerprint density at radius 2 is 1.88 bits per heavy atom. The number of aromatic carboxylic acids is 1. The first-order valence-electron chi connectivity index (χ1n) is 4.95. The summed E-state index contributed by atoms with van der Waals surface area (Å²) in [5, 5.41) is 8.63. The van der Waals surface area contributed by atoms with Crippen molar-refractivity contribution in [1.82, 2.24) is 4.98 Å². The standard InChI is InChI=1S/C10H12F3NO3/c1-4(2)5(3)8-14-7(10(11,12)13)6(17-8)9(15)16/h4-5H,1-3H3,(H,15,16). The van der Waals surface area contributed by atoms with Gasteiger partial charge in [0.1, 0.15) is 0 Å². The number of carbonyl (C=O) groups is 1. The van der Waals surface area contributed by atoms with Gasteiger partial charge in [-0.2, -0.15) is 13.2 Å². The molecule has 0 aliphatic rings. The first-order chi connectivity index (χ1) is 7.64. The predicted octanol–water partition coefficient (Wildman–Crippen LogP) is 3.15. The summed E-state index contributed by atoms with van der Waals surface area (Å²) in [6.07, 6.45) is -4.83. The van der Waals surface area contributed by atoms with Crippen molar-refractivity contribution < 1.29 is 27.5 Å². The van der Waals surface area contributed by atoms with Crippen LogP contribution in [-0.2, 0) is 6.18 Å². The van der Waals surface area contributed by atoms with Crippen LogP contribution >= 0.6 is 0 Å². The third-order valence-corrected chi connectivity index (χ3v) is 2.50. The molecule has 0 aliphatic carbocycles. The molecule has 4 nitrogen and oxygen atoms in total. The quantitative estimate of drug-likeness (QED) is 0.896. The van der Waals surface area contributed by atoms with Crippen molar-refractivity contribution in [2.24, 2.45) is 5.92 Å². The molecule has 1 unspecified atom stereocenters. The molecule has 1 rings (SSSR count). The molecule has 1 aromatic heterocycles. The third-order valence-electron chi connectivity index (χ3n) is 2.50. The maximum absolute atomic E-state index is 12.5. The van der Waals surface area contributed by atoms with Crippen LogP contribution in [0.3, 0.4) is 0 Å². The van der Waals surface area contributed by atoms with Crippen LogP contribution < -0.4 is 0 Å². The Kier molecular flexibility index (Phi) is 3.49. The van der Waals surface area contributed by atoms with Gasteiger partial charge in [0.25, 0.3) is 0 Å². The monoisotopic (exact) mass is 251 g/mol. The van der Waals surface area contributed by atoms with Crippen LogP contribution in [0.4, 0.5) is 13.2 Å². The molecule has 0 fully saturated rings. The van der Waals surface area contributed by atoms with Gasteiger partial charge in [0.15, 0.2) is 11.6 Å². The van der Waals surface area contributed by atoms with E-state index in [1.807, 2.05) is 0 Å². The average molecular weight is 251 g/mol. The molecule has 0 aliphatic heterocycles. The molecular formula is C10H12F3NO3. The number of carboxylic acid groups (broad SMARTS) is 1. The number of rotatable bonds is 3. The number of alkyl halides is 3. The number of nitrogens with zero attached hydrogens (tertiary/aromatic N) is 1. The van der Waals surface area contributed by atoms with Crippen molar-refractivity contribution in [3.05, 3.63) is 17.3 Å². The Hall–Kier alpha value is -1.53. The first kappa shape index (κ1) is 13.5. The van der Waals surface area contributed by atoms with Crippen molar-refractivity contribution >= 4 is 5.97 Å². The van der Waals surface area contributed by atoms with E-state index >= 15 is 0 Å². The zero-order valence-electron chi connectivity index (χ0n) is 9.50. The lowest BCUT2D eigenvalue weighted by Crippen LogP contribution is -2.12. The van der Waals surface area contributed by atoms with Gasteiger partial charge in [0.2, 0.25) is 5.76 Å². The Morgan fingerprint density at radius 1 is 1.35 bits per heavy atom. The van der Waals surface area contributed by atoms with E-state index in [-0.39, 0.29) is 17.7 Å². The Bertz CT molecular complexity index is 423. The molecule has 0 saturated carbocycles. The van der Waals surface area contributed by atoms with Gasteiger partial charge in [0, 0.05) is 5.92 Å². The lowest BCUT2D eigenvalue weighted by Gasteiger charge is -2.10. The average Bonchev–Trinajstić information content (AvgIpc) is 2.59. The predicted molar refractivity (Wildman–Crippen MR) is 51.7 cm³/mol. The largest absolute Gasteiger partial charge is 0.475 e. The van der Waals surface area contributed by atoms with Gasteiger partial charge in [-0.1, -0.05) is 20.8 Å². The minimum Gasteiger partial charge on any atom is -0.475 e. The molecule has 0 aromatic carbocycles. The summed E-state index contributed by atoms with van der Waals surface area (Å²) >= 11 is 0. The fourth-order valence-corrected chi connectivity index (χ4v) is 1.15. The second-order valence-electron chi connectivity index (χ2n) is 4.07. The number of carboxylic acids is 1. The SMILES string of the molecule is CC(C)C(C)c1nc(C(F)(F)F)c(C(=O)O)o1. The summed E-state index contributed by atoms with van der Waals surface area (Å²) in [4.78, 5) is 13.9. The van der Waals surface area contributed by atoms with Crippen molar-refractivity contribution in [3.8, 4) is 0 Å². The van der Waals surface area contributed by atoms with Crippen LogP contribution in [0, 0.1) is 5.92 Å². The summed E-state index contributed by atoms with van der Waals surface area (Å²) in [7, 11) is 0. The van der Waals surface area contributed by atoms with Gasteiger partial charge < -0.3 is 9.52 Å². The van der Waals surface area contributed by atoms with Crippen molar-refractivity contribution in [3.63, 3.8) is 0 Å². The molecule has 1 aromatic rings. The fourth-order valence-electron chi connectivity index (χ4n) is 1.15. The minimum atomic E-state index is -4.83. The zero-order valence-corrected chi connectivity index (χ0v) is 9.50. The summed E-state index contributed by atoms with van der Waals surface area (Å²) < 4.78 is 42.2. The number of oxazole rings is 1. The molecule has 0 spiro atoms. The number of hydrogen-bond acceptors (Lipinski definition) is 3. The minimum absolute atomic E-state index is 0.00335. The maximum Gasteiger partial charge on any atom is 0.437 e. The van der Waals surface area contributed by atoms with E-state index in [0.717, 1.165) is 0 Å². The van der Waals surface area contributed by atoms with E-state index < -0.39 is 23.6 Å². The summed E-state index contributed by atoms with van der Waals surface area (Å²) in [5.41, 5.74) is -1.48. The highest BCUT2D eigenvalue weighted by atomic mass is 19.4. The molecular weight excluding hydrogens is 239 g/mol. The molecule has 0 saturated heterocycles. The van der Waals surface area contributed by atoms with Crippen LogP contribution in [0.5, 0.6) is 0 Å². The topological polar surface area (TPSA) is 63.3 Å². The molecule has 96 valence electrons. The Balaban J connectivity index is 3.27. The van der Waals surface area contributed by atoms with Crippen molar-refractivity contribution in [2.45, 2.75) is 32.9 Å². The summed E-state index contributed by atoms with van der Waals surface area (Å²) in [6, 6.07) is 0. The first-order valence-corrected chi connectivity index (χ1v) is 4.95. The van der Waals surface area contributed by atoms with Gasteiger partial charge in [0.05, 0.1) is 0 Å². The van der Waals surface area contributed by atoms with Gasteiger partial charge in [-0.15, -0.1) is 0 Å². The van der Waals surface area contributed by atoms with Crippen LogP contribution in [0.2, 0.25) is 0 Å². The molecule has 1 atom stereocenters. The van der Waals surface area contributed by atoms with Crippen LogP contribution in [0.15, 0.2) is 4.42 Å². The Morgan fingerprint density at radius 3 is 2.18 bits per heavy atom. The van der Waals surface area contributed by atoms with E-state index in [1.54, 1.807) is 20.8 Å². The van der Waals surface area contributed by atoms with Gasteiger partial charge in [-0.05, 0) is 5.92 Å². The molecule has 0 radical (unpaired) electrons. The van der Waals surface area contributed by atoms with E-state index in [2.05, 4.69) is 4.98 Å². The van der Waals surface area contributed by atoms with Crippen LogP contribution in [-0.4, -0.2) is 16.1 Å². The van der Waals surface area contributed by atoms with Gasteiger partial charge in [-0.25, -0.2) is 9.78 Å². The normalized spacial score (nSPS) is 14.1. The van der Waals surface area contributed by atoms with E-state index in [9.17, 15) is 18.0 Å². The van der Waals surface area contributed by atoms with E-state index in [1.165, 1.54) is 0 Å². The van der Waals surface area contributed by atoms with Gasteiger partial charge in [-0.3, -0.25) is 0 Å². The smallest absolute Gasteiger partial charge is 0.437 e. The van der Waals surface area contributed by atoms with Crippen molar-refractivity contribution in [2.75, 3.05) is 0 Å². The number of halogens is 3. The molecule has 0 amide bonds. The second kappa shape index (κ2) is 4.38. The second-order valence-corrected chi connectivity index (χ2v) is 4.07. The van der Waals surface area contributed by atoms with Gasteiger partial charge >= 0.3 is 12.1 Å². The fraction of sp³-hybridized carbons (Fsp3) is 0.600. The lowest BCUT2D eigenvalue weighted by atomic mass is 9.98. The molecule has 1 heterocycles. The highest BCUT2D eigenvalue weighted by Gasteiger charge is 2.41. The molecule has 1 N–H and O–H groups in total. The van der Waals surface area contributed by atoms with E-state index in [4.69, 9.17) is 9.52 Å². The van der Waals surface area contributed by atoms with E-state index in [0.29, 0.717) is 0 Å². The zero-order chi connectivity index (χ0) is 13.4. The number of hydrogen-bond donors (Lipinski definition) is 1. The molecule has 17 heavy (non-hydrogen) atoms. The summed E-state index contributed by atoms with van der Waals surface area (Å²) in [5.74, 6) is -3.52. The third kappa shape index (κ3) is 2.78. The Labute approximate surface area is 95.5 Å². The lowest BCUT2D eigenvalue weighted by molar-refractivity contribution is -0.141. The molecule has 7 heteroatoms. The van der Waals surface area contributed by atoms with Crippen LogP contribution in [0.1, 0.15) is 48.8 Å². The van der Waals surface area contributed by atoms with Crippen LogP contribution in [0.25, 0.3) is 0 Å². The highest BCUT2D eigenvalue weighted by Crippen LogP contribution is 2.34. The number of aromatic nitrogens is 1. The maximum atomic E-state index is 12.5.